The predicted molar refractivity (Wildman–Crippen MR) is 122 cm³/mol. The second-order valence-electron chi connectivity index (χ2n) is 7.44. The summed E-state index contributed by atoms with van der Waals surface area (Å²) in [5.74, 6) is 1.40. The van der Waals surface area contributed by atoms with Gasteiger partial charge in [0, 0.05) is 30.6 Å². The predicted octanol–water partition coefficient (Wildman–Crippen LogP) is 4.04. The molecule has 0 aliphatic carbocycles. The van der Waals surface area contributed by atoms with Gasteiger partial charge in [-0.3, -0.25) is 4.79 Å². The molecule has 1 atom stereocenters. The Bertz CT molecular complexity index is 987. The molecule has 9 heteroatoms. The van der Waals surface area contributed by atoms with Crippen molar-refractivity contribution in [3.63, 3.8) is 0 Å². The molecule has 0 unspecified atom stereocenters. The van der Waals surface area contributed by atoms with Crippen LogP contribution in [0.5, 0.6) is 0 Å². The van der Waals surface area contributed by atoms with E-state index in [1.807, 2.05) is 40.1 Å². The SMILES string of the molecule is C[C@H]1CCCCN1C(=O)CSc1nnc(CNc2nc(-c3ccccc3)cs2)n1C. The first kappa shape index (κ1) is 20.9. The number of nitrogens with zero attached hydrogens (tertiary/aromatic N) is 5. The molecule has 0 bridgehead atoms. The molecular weight excluding hydrogens is 416 g/mol. The van der Waals surface area contributed by atoms with E-state index in [0.29, 0.717) is 18.3 Å². The van der Waals surface area contributed by atoms with Crippen LogP contribution in [0.1, 0.15) is 32.0 Å². The number of carbonyl (C=O) groups excluding carboxylic acids is 1. The van der Waals surface area contributed by atoms with Crippen LogP contribution in [-0.2, 0) is 18.4 Å². The van der Waals surface area contributed by atoms with Crippen molar-refractivity contribution in [2.45, 2.75) is 43.9 Å². The number of nitrogens with one attached hydrogen (secondary N) is 1. The fourth-order valence-electron chi connectivity index (χ4n) is 3.55. The van der Waals surface area contributed by atoms with E-state index in [0.717, 1.165) is 46.8 Å². The standard InChI is InChI=1S/C21H26N6OS2/c1-15-8-6-7-11-27(15)19(28)14-30-21-25-24-18(26(21)2)12-22-20-23-17(13-29-20)16-9-4-3-5-10-16/h3-5,9-10,13,15H,6-8,11-12,14H2,1-2H3,(H,22,23)/t15-/m0/s1. The Kier molecular flexibility index (Phi) is 6.69. The fourth-order valence-corrected chi connectivity index (χ4v) is 5.09. The number of likely N-dealkylation sites (tertiary alicyclic amines) is 1. The number of hydrogen-bond acceptors (Lipinski definition) is 7. The summed E-state index contributed by atoms with van der Waals surface area (Å²) in [6.07, 6.45) is 3.41. The first-order chi connectivity index (χ1) is 14.6. The number of thioether (sulfide) groups is 1. The van der Waals surface area contributed by atoms with Gasteiger partial charge >= 0.3 is 0 Å². The maximum atomic E-state index is 12.6. The number of benzene rings is 1. The molecule has 3 heterocycles. The van der Waals surface area contributed by atoms with Crippen LogP contribution in [0.15, 0.2) is 40.9 Å². The van der Waals surface area contributed by atoms with Gasteiger partial charge in [0.05, 0.1) is 18.0 Å². The molecule has 3 aromatic rings. The van der Waals surface area contributed by atoms with Gasteiger partial charge in [-0.05, 0) is 26.2 Å². The van der Waals surface area contributed by atoms with Crippen LogP contribution in [-0.4, -0.2) is 48.9 Å². The van der Waals surface area contributed by atoms with Crippen molar-refractivity contribution in [3.8, 4) is 11.3 Å². The molecule has 30 heavy (non-hydrogen) atoms. The zero-order valence-electron chi connectivity index (χ0n) is 17.2. The number of carbonyl (C=O) groups is 1. The van der Waals surface area contributed by atoms with Gasteiger partial charge in [-0.15, -0.1) is 21.5 Å². The second kappa shape index (κ2) is 9.61. The second-order valence-corrected chi connectivity index (χ2v) is 9.24. The molecular formula is C21H26N6OS2. The highest BCUT2D eigenvalue weighted by Gasteiger charge is 2.23. The summed E-state index contributed by atoms with van der Waals surface area (Å²) in [4.78, 5) is 19.2. The Morgan fingerprint density at radius 1 is 1.27 bits per heavy atom. The summed E-state index contributed by atoms with van der Waals surface area (Å²) >= 11 is 3.02. The quantitative estimate of drug-likeness (QED) is 0.557. The molecule has 0 radical (unpaired) electrons. The van der Waals surface area contributed by atoms with Crippen molar-refractivity contribution < 1.29 is 4.79 Å². The van der Waals surface area contributed by atoms with Crippen LogP contribution in [0.3, 0.4) is 0 Å². The van der Waals surface area contributed by atoms with Gasteiger partial charge in [0.2, 0.25) is 5.91 Å². The van der Waals surface area contributed by atoms with E-state index in [4.69, 9.17) is 0 Å². The minimum Gasteiger partial charge on any atom is -0.354 e. The van der Waals surface area contributed by atoms with Gasteiger partial charge in [0.25, 0.3) is 0 Å². The van der Waals surface area contributed by atoms with Crippen LogP contribution in [0.2, 0.25) is 0 Å². The van der Waals surface area contributed by atoms with Crippen LogP contribution in [0, 0.1) is 0 Å². The summed E-state index contributed by atoms with van der Waals surface area (Å²) in [6.45, 7) is 3.53. The van der Waals surface area contributed by atoms with Gasteiger partial charge in [-0.1, -0.05) is 42.1 Å². The van der Waals surface area contributed by atoms with Crippen LogP contribution >= 0.6 is 23.1 Å². The first-order valence-corrected chi connectivity index (χ1v) is 12.0. The molecule has 1 aliphatic heterocycles. The lowest BCUT2D eigenvalue weighted by atomic mass is 10.0. The van der Waals surface area contributed by atoms with E-state index >= 15 is 0 Å². The minimum atomic E-state index is 0.186. The van der Waals surface area contributed by atoms with Crippen molar-refractivity contribution in [1.82, 2.24) is 24.6 Å². The van der Waals surface area contributed by atoms with Crippen molar-refractivity contribution in [3.05, 3.63) is 41.5 Å². The first-order valence-electron chi connectivity index (χ1n) is 10.2. The van der Waals surface area contributed by atoms with E-state index in [-0.39, 0.29) is 5.91 Å². The van der Waals surface area contributed by atoms with Gasteiger partial charge in [-0.25, -0.2) is 4.98 Å². The summed E-state index contributed by atoms with van der Waals surface area (Å²) in [5.41, 5.74) is 2.06. The molecule has 1 aromatic carbocycles. The molecule has 1 amide bonds. The summed E-state index contributed by atoms with van der Waals surface area (Å²) in [6, 6.07) is 10.5. The minimum absolute atomic E-state index is 0.186. The molecule has 4 rings (SSSR count). The van der Waals surface area contributed by atoms with Gasteiger partial charge in [0.1, 0.15) is 0 Å². The largest absolute Gasteiger partial charge is 0.354 e. The normalized spacial score (nSPS) is 16.6. The number of amides is 1. The average Bonchev–Trinajstić information content (AvgIpc) is 3.38. The Hall–Kier alpha value is -2.39. The maximum Gasteiger partial charge on any atom is 0.233 e. The number of thiazole rings is 1. The zero-order valence-corrected chi connectivity index (χ0v) is 18.9. The number of piperidine rings is 1. The van der Waals surface area contributed by atoms with E-state index in [9.17, 15) is 4.79 Å². The summed E-state index contributed by atoms with van der Waals surface area (Å²) in [7, 11) is 1.94. The van der Waals surface area contributed by atoms with Crippen LogP contribution in [0.4, 0.5) is 5.13 Å². The van der Waals surface area contributed by atoms with Crippen molar-refractivity contribution in [2.75, 3.05) is 17.6 Å². The fraction of sp³-hybridized carbons (Fsp3) is 0.429. The Labute approximate surface area is 184 Å². The van der Waals surface area contributed by atoms with E-state index in [1.54, 1.807) is 11.3 Å². The van der Waals surface area contributed by atoms with Gasteiger partial charge < -0.3 is 14.8 Å². The highest BCUT2D eigenvalue weighted by atomic mass is 32.2. The Morgan fingerprint density at radius 3 is 2.90 bits per heavy atom. The molecule has 2 aromatic heterocycles. The summed E-state index contributed by atoms with van der Waals surface area (Å²) in [5, 5.41) is 15.5. The number of rotatable bonds is 7. The number of aromatic nitrogens is 4. The monoisotopic (exact) mass is 442 g/mol. The molecule has 1 fully saturated rings. The highest BCUT2D eigenvalue weighted by Crippen LogP contribution is 2.25. The van der Waals surface area contributed by atoms with Crippen molar-refractivity contribution in [2.24, 2.45) is 7.05 Å². The average molecular weight is 443 g/mol. The number of hydrogen-bond donors (Lipinski definition) is 1. The van der Waals surface area contributed by atoms with E-state index in [2.05, 4.69) is 39.6 Å². The van der Waals surface area contributed by atoms with Gasteiger partial charge in [-0.2, -0.15) is 0 Å². The Balaban J connectivity index is 1.31. The molecule has 1 N–H and O–H groups in total. The topological polar surface area (TPSA) is 75.9 Å². The third-order valence-corrected chi connectivity index (χ3v) is 7.15. The lowest BCUT2D eigenvalue weighted by Gasteiger charge is -2.33. The number of anilines is 1. The maximum absolute atomic E-state index is 12.6. The van der Waals surface area contributed by atoms with Crippen LogP contribution in [0.25, 0.3) is 11.3 Å². The molecule has 0 saturated carbocycles. The van der Waals surface area contributed by atoms with Gasteiger partial charge in [0.15, 0.2) is 16.1 Å². The third kappa shape index (κ3) is 4.84. The molecule has 7 nitrogen and oxygen atoms in total. The molecule has 158 valence electrons. The van der Waals surface area contributed by atoms with Crippen molar-refractivity contribution >= 4 is 34.1 Å². The smallest absolute Gasteiger partial charge is 0.233 e. The van der Waals surface area contributed by atoms with E-state index < -0.39 is 0 Å². The molecule has 0 spiro atoms. The lowest BCUT2D eigenvalue weighted by molar-refractivity contribution is -0.131. The highest BCUT2D eigenvalue weighted by molar-refractivity contribution is 7.99. The van der Waals surface area contributed by atoms with E-state index in [1.165, 1.54) is 18.2 Å². The Morgan fingerprint density at radius 2 is 2.10 bits per heavy atom. The molecule has 1 saturated heterocycles. The summed E-state index contributed by atoms with van der Waals surface area (Å²) < 4.78 is 1.94. The third-order valence-electron chi connectivity index (χ3n) is 5.34. The lowest BCUT2D eigenvalue weighted by Crippen LogP contribution is -2.42. The van der Waals surface area contributed by atoms with Crippen LogP contribution < -0.4 is 5.32 Å². The zero-order chi connectivity index (χ0) is 20.9. The molecule has 1 aliphatic rings. The van der Waals surface area contributed by atoms with Crippen molar-refractivity contribution in [1.29, 1.82) is 0 Å².